The highest BCUT2D eigenvalue weighted by Crippen LogP contribution is 2.14. The molecule has 0 bridgehead atoms. The first-order valence-electron chi connectivity index (χ1n) is 6.19. The van der Waals surface area contributed by atoms with E-state index < -0.39 is 0 Å². The van der Waals surface area contributed by atoms with Crippen molar-refractivity contribution in [3.63, 3.8) is 0 Å². The molecule has 0 saturated carbocycles. The van der Waals surface area contributed by atoms with Gasteiger partial charge in [-0.05, 0) is 12.1 Å². The van der Waals surface area contributed by atoms with Crippen molar-refractivity contribution in [1.82, 2.24) is 10.6 Å². The quantitative estimate of drug-likeness (QED) is 0.693. The molecule has 1 heterocycles. The molecule has 0 fully saturated rings. The Hall–Kier alpha value is -1.91. The third-order valence-electron chi connectivity index (χ3n) is 2.46. The Bertz CT molecular complexity index is 493. The molecule has 0 aliphatic carbocycles. The van der Waals surface area contributed by atoms with Crippen LogP contribution >= 0.6 is 11.3 Å². The second-order valence-electron chi connectivity index (χ2n) is 3.94. The van der Waals surface area contributed by atoms with Gasteiger partial charge in [0.15, 0.2) is 0 Å². The number of hydrogen-bond donors (Lipinski definition) is 2. The smallest absolute Gasteiger partial charge is 0.222 e. The molecule has 1 aromatic rings. The average molecular weight is 295 g/mol. The fraction of sp³-hybridized carbons (Fsp3) is 0.462. The first-order chi connectivity index (χ1) is 9.65. The number of thiophene rings is 1. The number of carbonyl (C=O) groups is 2. The van der Waals surface area contributed by atoms with E-state index in [1.807, 2.05) is 6.07 Å². The van der Waals surface area contributed by atoms with Crippen molar-refractivity contribution in [2.24, 2.45) is 0 Å². The Labute approximate surface area is 121 Å². The van der Waals surface area contributed by atoms with Crippen LogP contribution in [0.2, 0.25) is 0 Å². The number of ether oxygens (including phenoxy) is 1. The highest BCUT2D eigenvalue weighted by atomic mass is 32.1. The molecule has 20 heavy (non-hydrogen) atoms. The zero-order chi connectivity index (χ0) is 14.8. The lowest BCUT2D eigenvalue weighted by Crippen LogP contribution is -2.24. The van der Waals surface area contributed by atoms with Crippen molar-refractivity contribution in [3.8, 4) is 6.07 Å². The zero-order valence-corrected chi connectivity index (χ0v) is 12.1. The summed E-state index contributed by atoms with van der Waals surface area (Å²) in [6.07, 6.45) is 0.550. The van der Waals surface area contributed by atoms with Gasteiger partial charge in [0.05, 0.1) is 19.8 Å². The maximum atomic E-state index is 11.5. The molecule has 0 saturated heterocycles. The Morgan fingerprint density at radius 2 is 2.00 bits per heavy atom. The maximum Gasteiger partial charge on any atom is 0.222 e. The summed E-state index contributed by atoms with van der Waals surface area (Å²) < 4.78 is 5.19. The van der Waals surface area contributed by atoms with E-state index in [0.717, 1.165) is 4.88 Å². The molecule has 0 spiro atoms. The predicted molar refractivity (Wildman–Crippen MR) is 75.0 cm³/mol. The van der Waals surface area contributed by atoms with Crippen molar-refractivity contribution >= 4 is 23.2 Å². The largest absolute Gasteiger partial charge is 0.380 e. The second kappa shape index (κ2) is 9.07. The first-order valence-corrected chi connectivity index (χ1v) is 7.01. The fourth-order valence-electron chi connectivity index (χ4n) is 1.36. The molecule has 1 rings (SSSR count). The lowest BCUT2D eigenvalue weighted by Gasteiger charge is -2.05. The van der Waals surface area contributed by atoms with E-state index in [2.05, 4.69) is 16.7 Å². The Kier molecular flexibility index (Phi) is 7.32. The Balaban J connectivity index is 2.09. The van der Waals surface area contributed by atoms with Crippen LogP contribution in [0.1, 0.15) is 22.6 Å². The molecule has 0 radical (unpaired) electrons. The molecule has 108 valence electrons. The molecular formula is C13H17N3O3S. The van der Waals surface area contributed by atoms with E-state index in [0.29, 0.717) is 24.4 Å². The zero-order valence-electron chi connectivity index (χ0n) is 11.3. The van der Waals surface area contributed by atoms with Crippen LogP contribution in [0.15, 0.2) is 12.1 Å². The summed E-state index contributed by atoms with van der Waals surface area (Å²) in [5.41, 5.74) is 0. The molecule has 2 N–H and O–H groups in total. The highest BCUT2D eigenvalue weighted by molar-refractivity contribution is 7.12. The summed E-state index contributed by atoms with van der Waals surface area (Å²) in [6.45, 7) is 1.02. The van der Waals surface area contributed by atoms with E-state index in [9.17, 15) is 9.59 Å². The monoisotopic (exact) mass is 295 g/mol. The Morgan fingerprint density at radius 1 is 1.30 bits per heavy atom. The van der Waals surface area contributed by atoms with E-state index in [-0.39, 0.29) is 24.8 Å². The van der Waals surface area contributed by atoms with Gasteiger partial charge in [0.1, 0.15) is 10.9 Å². The molecule has 2 amide bonds. The van der Waals surface area contributed by atoms with Crippen LogP contribution in [0.3, 0.4) is 0 Å². The van der Waals surface area contributed by atoms with Crippen molar-refractivity contribution < 1.29 is 14.3 Å². The standard InChI is InChI=1S/C13H17N3O3S/c1-15-12(17)4-6-19-7-5-13(18)16-9-11-3-2-10(8-14)20-11/h2-3H,4-7,9H2,1H3,(H,15,17)(H,16,18). The highest BCUT2D eigenvalue weighted by Gasteiger charge is 2.04. The maximum absolute atomic E-state index is 11.5. The fourth-order valence-corrected chi connectivity index (χ4v) is 2.11. The van der Waals surface area contributed by atoms with Gasteiger partial charge in [0, 0.05) is 24.8 Å². The van der Waals surface area contributed by atoms with Gasteiger partial charge in [-0.3, -0.25) is 9.59 Å². The van der Waals surface area contributed by atoms with Crippen LogP contribution in [0.4, 0.5) is 0 Å². The summed E-state index contributed by atoms with van der Waals surface area (Å²) in [7, 11) is 1.57. The lowest BCUT2D eigenvalue weighted by molar-refractivity contribution is -0.122. The summed E-state index contributed by atoms with van der Waals surface area (Å²) in [5, 5.41) is 13.9. The minimum atomic E-state index is -0.114. The summed E-state index contributed by atoms with van der Waals surface area (Å²) in [6, 6.07) is 5.60. The molecule has 0 aliphatic rings. The SMILES string of the molecule is CNC(=O)CCOCCC(=O)NCc1ccc(C#N)s1. The number of nitriles is 1. The number of rotatable bonds is 8. The van der Waals surface area contributed by atoms with Gasteiger partial charge in [-0.25, -0.2) is 0 Å². The van der Waals surface area contributed by atoms with E-state index in [4.69, 9.17) is 10.00 Å². The summed E-state index contributed by atoms with van der Waals surface area (Å²) >= 11 is 1.36. The summed E-state index contributed by atoms with van der Waals surface area (Å²) in [4.78, 5) is 24.0. The predicted octanol–water partition coefficient (Wildman–Crippen LogP) is 0.779. The minimum Gasteiger partial charge on any atom is -0.380 e. The number of hydrogen-bond acceptors (Lipinski definition) is 5. The van der Waals surface area contributed by atoms with Gasteiger partial charge in [-0.15, -0.1) is 11.3 Å². The molecule has 0 unspecified atom stereocenters. The van der Waals surface area contributed by atoms with Crippen molar-refractivity contribution in [2.45, 2.75) is 19.4 Å². The van der Waals surface area contributed by atoms with Crippen LogP contribution in [-0.4, -0.2) is 32.1 Å². The molecule has 6 nitrogen and oxygen atoms in total. The van der Waals surface area contributed by atoms with Crippen molar-refractivity contribution in [1.29, 1.82) is 5.26 Å². The lowest BCUT2D eigenvalue weighted by atomic mass is 10.4. The number of nitrogens with zero attached hydrogens (tertiary/aromatic N) is 1. The second-order valence-corrected chi connectivity index (χ2v) is 5.11. The van der Waals surface area contributed by atoms with E-state index in [1.165, 1.54) is 11.3 Å². The third-order valence-corrected chi connectivity index (χ3v) is 3.45. The molecule has 1 aromatic heterocycles. The molecule has 0 atom stereocenters. The van der Waals surface area contributed by atoms with Gasteiger partial charge in [0.2, 0.25) is 11.8 Å². The van der Waals surface area contributed by atoms with Crippen LogP contribution in [0, 0.1) is 11.3 Å². The Morgan fingerprint density at radius 3 is 2.60 bits per heavy atom. The summed E-state index contributed by atoms with van der Waals surface area (Å²) in [5.74, 6) is -0.197. The van der Waals surface area contributed by atoms with Gasteiger partial charge in [-0.2, -0.15) is 5.26 Å². The van der Waals surface area contributed by atoms with Crippen LogP contribution < -0.4 is 10.6 Å². The van der Waals surface area contributed by atoms with Crippen molar-refractivity contribution in [3.05, 3.63) is 21.9 Å². The van der Waals surface area contributed by atoms with Gasteiger partial charge < -0.3 is 15.4 Å². The third kappa shape index (κ3) is 6.31. The normalized spacial score (nSPS) is 9.80. The van der Waals surface area contributed by atoms with Gasteiger partial charge >= 0.3 is 0 Å². The van der Waals surface area contributed by atoms with E-state index in [1.54, 1.807) is 13.1 Å². The van der Waals surface area contributed by atoms with Gasteiger partial charge in [0.25, 0.3) is 0 Å². The molecule has 0 aromatic carbocycles. The van der Waals surface area contributed by atoms with E-state index >= 15 is 0 Å². The van der Waals surface area contributed by atoms with Crippen LogP contribution in [-0.2, 0) is 20.9 Å². The minimum absolute atomic E-state index is 0.0829. The molecule has 7 heteroatoms. The molecule has 0 aliphatic heterocycles. The van der Waals surface area contributed by atoms with Crippen molar-refractivity contribution in [2.75, 3.05) is 20.3 Å². The van der Waals surface area contributed by atoms with Crippen LogP contribution in [0.25, 0.3) is 0 Å². The number of amides is 2. The molecular weight excluding hydrogens is 278 g/mol. The average Bonchev–Trinajstić information content (AvgIpc) is 2.92. The van der Waals surface area contributed by atoms with Crippen LogP contribution in [0.5, 0.6) is 0 Å². The number of nitrogens with one attached hydrogen (secondary N) is 2. The number of carbonyl (C=O) groups excluding carboxylic acids is 2. The topological polar surface area (TPSA) is 91.2 Å². The first kappa shape index (κ1) is 16.1. The van der Waals surface area contributed by atoms with Gasteiger partial charge in [-0.1, -0.05) is 0 Å².